The third-order valence-corrected chi connectivity index (χ3v) is 4.33. The Morgan fingerprint density at radius 3 is 2.32 bits per heavy atom. The summed E-state index contributed by atoms with van der Waals surface area (Å²) in [6.45, 7) is 6.61. The highest BCUT2D eigenvalue weighted by molar-refractivity contribution is 5.86. The van der Waals surface area contributed by atoms with E-state index >= 15 is 0 Å². The molecule has 11 heteroatoms. The molecule has 2 rings (SSSR count). The molecule has 0 aromatic heterocycles. The molecule has 1 aromatic carbocycles. The number of hydrogen-bond donors (Lipinski definition) is 1. The van der Waals surface area contributed by atoms with Crippen molar-refractivity contribution in [2.75, 3.05) is 44.8 Å². The Hall–Kier alpha value is -2.69. The molecule has 2 amide bonds. The van der Waals surface area contributed by atoms with Gasteiger partial charge >= 0.3 is 12.5 Å². The van der Waals surface area contributed by atoms with Crippen LogP contribution in [0.4, 0.5) is 23.7 Å². The summed E-state index contributed by atoms with van der Waals surface area (Å²) < 4.78 is 51.6. The molecule has 8 nitrogen and oxygen atoms in total. The van der Waals surface area contributed by atoms with E-state index in [-0.39, 0.29) is 18.3 Å². The summed E-state index contributed by atoms with van der Waals surface area (Å²) in [6.07, 6.45) is -5.48. The van der Waals surface area contributed by atoms with Crippen LogP contribution in [-0.2, 0) is 14.3 Å². The highest BCUT2D eigenvalue weighted by atomic mass is 19.4. The quantitative estimate of drug-likeness (QED) is 0.723. The van der Waals surface area contributed by atoms with E-state index in [1.165, 1.54) is 25.3 Å². The molecule has 0 bridgehead atoms. The number of methoxy groups -OCH3 is 1. The van der Waals surface area contributed by atoms with Crippen LogP contribution in [0.5, 0.6) is 5.75 Å². The SMILES string of the molecule is COC[C@H](NC(=O)OC(C)(C)C)C(=O)N1CCN(c2cccc(OC(F)(F)F)c2)CC1. The average molecular weight is 447 g/mol. The zero-order valence-electron chi connectivity index (χ0n) is 18.0. The fourth-order valence-electron chi connectivity index (χ4n) is 3.07. The molecule has 1 aliphatic heterocycles. The Morgan fingerprint density at radius 1 is 1.13 bits per heavy atom. The monoisotopic (exact) mass is 447 g/mol. The van der Waals surface area contributed by atoms with E-state index in [2.05, 4.69) is 10.1 Å². The van der Waals surface area contributed by atoms with E-state index in [1.807, 2.05) is 4.90 Å². The lowest BCUT2D eigenvalue weighted by molar-refractivity contribution is -0.274. The van der Waals surface area contributed by atoms with Crippen molar-refractivity contribution in [3.63, 3.8) is 0 Å². The molecule has 1 N–H and O–H groups in total. The first-order chi connectivity index (χ1) is 14.4. The Balaban J connectivity index is 1.96. The van der Waals surface area contributed by atoms with Crippen molar-refractivity contribution in [1.82, 2.24) is 10.2 Å². The van der Waals surface area contributed by atoms with Gasteiger partial charge in [0.15, 0.2) is 0 Å². The first-order valence-electron chi connectivity index (χ1n) is 9.76. The number of alkyl carbamates (subject to hydrolysis) is 1. The van der Waals surface area contributed by atoms with Gasteiger partial charge in [0.25, 0.3) is 0 Å². The Labute approximate surface area is 179 Å². The van der Waals surface area contributed by atoms with E-state index in [4.69, 9.17) is 9.47 Å². The van der Waals surface area contributed by atoms with Gasteiger partial charge in [-0.05, 0) is 32.9 Å². The van der Waals surface area contributed by atoms with Gasteiger partial charge in [0, 0.05) is 45.0 Å². The molecule has 0 spiro atoms. The number of benzene rings is 1. The van der Waals surface area contributed by atoms with Crippen LogP contribution < -0.4 is 15.0 Å². The van der Waals surface area contributed by atoms with Crippen LogP contribution >= 0.6 is 0 Å². The number of halogens is 3. The zero-order chi connectivity index (χ0) is 23.2. The van der Waals surface area contributed by atoms with Gasteiger partial charge < -0.3 is 29.3 Å². The van der Waals surface area contributed by atoms with Crippen molar-refractivity contribution in [1.29, 1.82) is 0 Å². The number of hydrogen-bond acceptors (Lipinski definition) is 6. The van der Waals surface area contributed by atoms with Gasteiger partial charge in [-0.2, -0.15) is 0 Å². The van der Waals surface area contributed by atoms with Crippen molar-refractivity contribution in [3.8, 4) is 5.75 Å². The number of rotatable bonds is 6. The molecule has 0 radical (unpaired) electrons. The van der Waals surface area contributed by atoms with Crippen LogP contribution in [0.15, 0.2) is 24.3 Å². The maximum Gasteiger partial charge on any atom is 0.573 e. The number of nitrogens with zero attached hydrogens (tertiary/aromatic N) is 2. The molecular formula is C20H28F3N3O5. The van der Waals surface area contributed by atoms with Gasteiger partial charge in [0.05, 0.1) is 6.61 Å². The van der Waals surface area contributed by atoms with Crippen LogP contribution in [0.1, 0.15) is 20.8 Å². The maximum atomic E-state index is 12.9. The fraction of sp³-hybridized carbons (Fsp3) is 0.600. The molecule has 1 atom stereocenters. The van der Waals surface area contributed by atoms with Gasteiger partial charge in [-0.1, -0.05) is 6.07 Å². The van der Waals surface area contributed by atoms with Crippen molar-refractivity contribution < 1.29 is 37.0 Å². The first-order valence-corrected chi connectivity index (χ1v) is 9.76. The second-order valence-corrected chi connectivity index (χ2v) is 8.01. The van der Waals surface area contributed by atoms with E-state index < -0.39 is 24.1 Å². The summed E-state index contributed by atoms with van der Waals surface area (Å²) in [6, 6.07) is 4.79. The predicted molar refractivity (Wildman–Crippen MR) is 107 cm³/mol. The number of anilines is 1. The molecule has 1 fully saturated rings. The highest BCUT2D eigenvalue weighted by Crippen LogP contribution is 2.27. The molecule has 174 valence electrons. The number of carbonyl (C=O) groups excluding carboxylic acids is 2. The molecule has 0 saturated carbocycles. The minimum Gasteiger partial charge on any atom is -0.444 e. The number of alkyl halides is 3. The van der Waals surface area contributed by atoms with Crippen LogP contribution in [0.2, 0.25) is 0 Å². The molecule has 31 heavy (non-hydrogen) atoms. The van der Waals surface area contributed by atoms with Gasteiger partial charge in [0.2, 0.25) is 5.91 Å². The molecular weight excluding hydrogens is 419 g/mol. The average Bonchev–Trinajstić information content (AvgIpc) is 2.64. The smallest absolute Gasteiger partial charge is 0.444 e. The second-order valence-electron chi connectivity index (χ2n) is 8.01. The lowest BCUT2D eigenvalue weighted by Gasteiger charge is -2.37. The molecule has 0 aliphatic carbocycles. The predicted octanol–water partition coefficient (Wildman–Crippen LogP) is 2.77. The summed E-state index contributed by atoms with van der Waals surface area (Å²) in [4.78, 5) is 28.3. The number of nitrogens with one attached hydrogen (secondary N) is 1. The standard InChI is InChI=1S/C20H28F3N3O5/c1-19(2,3)31-18(28)24-16(13-29-4)17(27)26-10-8-25(9-11-26)14-6-5-7-15(12-14)30-20(21,22)23/h5-7,12,16H,8-11,13H2,1-4H3,(H,24,28)/t16-/m0/s1. The number of carbonyl (C=O) groups is 2. The van der Waals surface area contributed by atoms with Crippen molar-refractivity contribution in [2.24, 2.45) is 0 Å². The lowest BCUT2D eigenvalue weighted by Crippen LogP contribution is -2.56. The van der Waals surface area contributed by atoms with Crippen LogP contribution in [0.3, 0.4) is 0 Å². The van der Waals surface area contributed by atoms with Crippen molar-refractivity contribution in [3.05, 3.63) is 24.3 Å². The summed E-state index contributed by atoms with van der Waals surface area (Å²) in [5.74, 6) is -0.619. The topological polar surface area (TPSA) is 80.3 Å². The number of amides is 2. The molecule has 1 aliphatic rings. The number of ether oxygens (including phenoxy) is 3. The minimum absolute atomic E-state index is 0.0187. The van der Waals surface area contributed by atoms with Crippen molar-refractivity contribution in [2.45, 2.75) is 38.8 Å². The lowest BCUT2D eigenvalue weighted by atomic mass is 10.2. The molecule has 0 unspecified atom stereocenters. The third-order valence-electron chi connectivity index (χ3n) is 4.33. The zero-order valence-corrected chi connectivity index (χ0v) is 18.0. The van der Waals surface area contributed by atoms with Crippen LogP contribution in [-0.4, -0.2) is 74.8 Å². The van der Waals surface area contributed by atoms with Crippen LogP contribution in [0, 0.1) is 0 Å². The fourth-order valence-corrected chi connectivity index (χ4v) is 3.07. The third kappa shape index (κ3) is 8.16. The Kier molecular flexibility index (Phi) is 7.99. The first kappa shape index (κ1) is 24.6. The second kappa shape index (κ2) is 10.1. The summed E-state index contributed by atoms with van der Waals surface area (Å²) in [7, 11) is 1.42. The van der Waals surface area contributed by atoms with E-state index in [9.17, 15) is 22.8 Å². The van der Waals surface area contributed by atoms with Gasteiger partial charge in [-0.25, -0.2) is 4.79 Å². The molecule has 1 aromatic rings. The van der Waals surface area contributed by atoms with E-state index in [1.54, 1.807) is 31.7 Å². The van der Waals surface area contributed by atoms with E-state index in [0.29, 0.717) is 31.9 Å². The minimum atomic E-state index is -4.76. The molecule has 1 heterocycles. The largest absolute Gasteiger partial charge is 0.573 e. The van der Waals surface area contributed by atoms with Crippen LogP contribution in [0.25, 0.3) is 0 Å². The summed E-state index contributed by atoms with van der Waals surface area (Å²) >= 11 is 0. The van der Waals surface area contributed by atoms with Gasteiger partial charge in [0.1, 0.15) is 17.4 Å². The van der Waals surface area contributed by atoms with E-state index in [0.717, 1.165) is 0 Å². The van der Waals surface area contributed by atoms with Crippen molar-refractivity contribution >= 4 is 17.7 Å². The Bertz CT molecular complexity index is 759. The Morgan fingerprint density at radius 2 is 1.77 bits per heavy atom. The highest BCUT2D eigenvalue weighted by Gasteiger charge is 2.32. The summed E-state index contributed by atoms with van der Waals surface area (Å²) in [5.41, 5.74) is -0.144. The normalized spacial score (nSPS) is 16.0. The summed E-state index contributed by atoms with van der Waals surface area (Å²) in [5, 5.41) is 2.53. The number of piperazine rings is 1. The molecule has 1 saturated heterocycles. The van der Waals surface area contributed by atoms with Gasteiger partial charge in [-0.3, -0.25) is 4.79 Å². The maximum absolute atomic E-state index is 12.9. The van der Waals surface area contributed by atoms with Gasteiger partial charge in [-0.15, -0.1) is 13.2 Å².